The predicted molar refractivity (Wildman–Crippen MR) is 101 cm³/mol. The molecule has 4 aromatic rings. The second kappa shape index (κ2) is 6.07. The van der Waals surface area contributed by atoms with Gasteiger partial charge in [0.25, 0.3) is 0 Å². The molecule has 26 heavy (non-hydrogen) atoms. The molecule has 5 rings (SSSR count). The number of nitrogens with zero attached hydrogens (tertiary/aromatic N) is 5. The molecule has 130 valence electrons. The van der Waals surface area contributed by atoms with Crippen molar-refractivity contribution in [3.63, 3.8) is 0 Å². The van der Waals surface area contributed by atoms with E-state index in [1.807, 2.05) is 13.2 Å². The van der Waals surface area contributed by atoms with E-state index >= 15 is 0 Å². The number of aryl methyl sites for hydroxylation is 1. The zero-order valence-electron chi connectivity index (χ0n) is 14.5. The lowest BCUT2D eigenvalue weighted by Crippen LogP contribution is -2.52. The first-order chi connectivity index (χ1) is 12.8. The molecule has 6 nitrogen and oxygen atoms in total. The van der Waals surface area contributed by atoms with Crippen molar-refractivity contribution in [3.05, 3.63) is 60.6 Å². The lowest BCUT2D eigenvalue weighted by Gasteiger charge is -2.39. The highest BCUT2D eigenvalue weighted by Crippen LogP contribution is 2.28. The summed E-state index contributed by atoms with van der Waals surface area (Å²) in [4.78, 5) is 11.0. The van der Waals surface area contributed by atoms with E-state index in [0.29, 0.717) is 6.61 Å². The van der Waals surface area contributed by atoms with Crippen LogP contribution in [0.25, 0.3) is 21.8 Å². The van der Waals surface area contributed by atoms with Gasteiger partial charge in [-0.05, 0) is 16.3 Å². The van der Waals surface area contributed by atoms with Crippen LogP contribution in [0.3, 0.4) is 0 Å². The lowest BCUT2D eigenvalue weighted by molar-refractivity contribution is 0.0228. The van der Waals surface area contributed by atoms with Gasteiger partial charge in [-0.25, -0.2) is 9.97 Å². The number of ether oxygens (including phenoxy) is 1. The number of aromatic nitrogens is 4. The minimum absolute atomic E-state index is 0.218. The van der Waals surface area contributed by atoms with E-state index in [2.05, 4.69) is 62.4 Å². The van der Waals surface area contributed by atoms with E-state index in [4.69, 9.17) is 4.74 Å². The summed E-state index contributed by atoms with van der Waals surface area (Å²) in [5, 5.41) is 7.78. The van der Waals surface area contributed by atoms with Crippen LogP contribution in [-0.2, 0) is 18.4 Å². The Kier molecular flexibility index (Phi) is 3.57. The van der Waals surface area contributed by atoms with Crippen LogP contribution in [0.1, 0.15) is 5.56 Å². The van der Waals surface area contributed by atoms with Gasteiger partial charge in [0, 0.05) is 20.1 Å². The third-order valence-electron chi connectivity index (χ3n) is 5.01. The van der Waals surface area contributed by atoms with Crippen molar-refractivity contribution in [2.75, 3.05) is 18.0 Å². The van der Waals surface area contributed by atoms with Gasteiger partial charge in [-0.3, -0.25) is 4.68 Å². The molecule has 1 aliphatic heterocycles. The Morgan fingerprint density at radius 3 is 2.81 bits per heavy atom. The van der Waals surface area contributed by atoms with Gasteiger partial charge in [-0.2, -0.15) is 5.10 Å². The Labute approximate surface area is 151 Å². The Hall–Kier alpha value is -2.99. The summed E-state index contributed by atoms with van der Waals surface area (Å²) in [5.74, 6) is 0.938. The van der Waals surface area contributed by atoms with Crippen LogP contribution in [0.2, 0.25) is 0 Å². The highest BCUT2D eigenvalue weighted by atomic mass is 16.5. The predicted octanol–water partition coefficient (Wildman–Crippen LogP) is 2.92. The molecule has 0 saturated carbocycles. The van der Waals surface area contributed by atoms with Crippen LogP contribution in [0.15, 0.2) is 55.0 Å². The summed E-state index contributed by atoms with van der Waals surface area (Å²) in [6, 6.07) is 14.8. The van der Waals surface area contributed by atoms with Crippen LogP contribution < -0.4 is 4.90 Å². The van der Waals surface area contributed by atoms with Crippen molar-refractivity contribution >= 4 is 27.6 Å². The van der Waals surface area contributed by atoms with Gasteiger partial charge >= 0.3 is 0 Å². The molecule has 0 bridgehead atoms. The van der Waals surface area contributed by atoms with Crippen LogP contribution >= 0.6 is 0 Å². The van der Waals surface area contributed by atoms with Crippen molar-refractivity contribution in [1.82, 2.24) is 19.7 Å². The molecule has 0 radical (unpaired) electrons. The summed E-state index contributed by atoms with van der Waals surface area (Å²) in [6.45, 7) is 2.31. The molecule has 1 aliphatic rings. The molecule has 0 amide bonds. The van der Waals surface area contributed by atoms with Gasteiger partial charge in [0.2, 0.25) is 0 Å². The molecule has 0 unspecified atom stereocenters. The van der Waals surface area contributed by atoms with Crippen molar-refractivity contribution in [2.45, 2.75) is 12.7 Å². The Morgan fingerprint density at radius 2 is 1.88 bits per heavy atom. The highest BCUT2D eigenvalue weighted by Gasteiger charge is 2.30. The van der Waals surface area contributed by atoms with Crippen molar-refractivity contribution < 1.29 is 4.74 Å². The van der Waals surface area contributed by atoms with E-state index in [0.717, 1.165) is 29.9 Å². The lowest BCUT2D eigenvalue weighted by atomic mass is 10.1. The number of hydrogen-bond donors (Lipinski definition) is 0. The molecule has 0 N–H and O–H groups in total. The normalized spacial score (nSPS) is 14.9. The second-order valence-electron chi connectivity index (χ2n) is 6.68. The third-order valence-corrected chi connectivity index (χ3v) is 5.01. The van der Waals surface area contributed by atoms with Crippen LogP contribution in [0.5, 0.6) is 0 Å². The molecule has 2 aromatic heterocycles. The monoisotopic (exact) mass is 345 g/mol. The smallest absolute Gasteiger partial charge is 0.163 e. The number of fused-ring (bicyclic) bond motifs is 2. The molecule has 1 fully saturated rings. The van der Waals surface area contributed by atoms with Crippen molar-refractivity contribution in [2.24, 2.45) is 7.05 Å². The van der Waals surface area contributed by atoms with E-state index < -0.39 is 0 Å². The maximum absolute atomic E-state index is 6.14. The molecule has 2 aromatic carbocycles. The summed E-state index contributed by atoms with van der Waals surface area (Å²) in [7, 11) is 1.89. The summed E-state index contributed by atoms with van der Waals surface area (Å²) >= 11 is 0. The van der Waals surface area contributed by atoms with E-state index in [1.165, 1.54) is 16.3 Å². The first-order valence-corrected chi connectivity index (χ1v) is 8.75. The molecule has 0 atom stereocenters. The van der Waals surface area contributed by atoms with Gasteiger partial charge in [-0.15, -0.1) is 0 Å². The van der Waals surface area contributed by atoms with Gasteiger partial charge in [-0.1, -0.05) is 42.5 Å². The Bertz CT molecular complexity index is 1080. The molecule has 1 saturated heterocycles. The first kappa shape index (κ1) is 15.3. The van der Waals surface area contributed by atoms with E-state index in [1.54, 1.807) is 11.0 Å². The summed E-state index contributed by atoms with van der Waals surface area (Å²) in [5.41, 5.74) is 2.09. The van der Waals surface area contributed by atoms with E-state index in [-0.39, 0.29) is 6.10 Å². The molecular weight excluding hydrogens is 326 g/mol. The average molecular weight is 345 g/mol. The third kappa shape index (κ3) is 2.50. The minimum Gasteiger partial charge on any atom is -0.370 e. The maximum Gasteiger partial charge on any atom is 0.163 e. The summed E-state index contributed by atoms with van der Waals surface area (Å²) < 4.78 is 7.91. The minimum atomic E-state index is 0.218. The molecule has 0 spiro atoms. The van der Waals surface area contributed by atoms with Crippen molar-refractivity contribution in [1.29, 1.82) is 0 Å². The number of anilines is 1. The van der Waals surface area contributed by atoms with Gasteiger partial charge in [0.15, 0.2) is 5.65 Å². The maximum atomic E-state index is 6.14. The standard InChI is InChI=1S/C20H19N5O/c1-24-19-18(9-23-24)20(22-13-21-19)25-10-16(11-25)26-12-15-7-4-6-14-5-2-3-8-17(14)15/h2-9,13,16H,10-12H2,1H3. The average Bonchev–Trinajstić information content (AvgIpc) is 3.02. The van der Waals surface area contributed by atoms with Crippen LogP contribution in [0, 0.1) is 0 Å². The summed E-state index contributed by atoms with van der Waals surface area (Å²) in [6.07, 6.45) is 3.65. The molecular formula is C20H19N5O. The molecule has 6 heteroatoms. The van der Waals surface area contributed by atoms with Gasteiger partial charge in [0.1, 0.15) is 12.1 Å². The zero-order chi connectivity index (χ0) is 17.5. The van der Waals surface area contributed by atoms with Gasteiger partial charge in [0.05, 0.1) is 24.3 Å². The van der Waals surface area contributed by atoms with Crippen LogP contribution in [-0.4, -0.2) is 38.9 Å². The number of benzene rings is 2. The van der Waals surface area contributed by atoms with Gasteiger partial charge < -0.3 is 9.64 Å². The second-order valence-corrected chi connectivity index (χ2v) is 6.68. The fourth-order valence-electron chi connectivity index (χ4n) is 3.54. The zero-order valence-corrected chi connectivity index (χ0v) is 14.5. The number of rotatable bonds is 4. The fraction of sp³-hybridized carbons (Fsp3) is 0.250. The fourth-order valence-corrected chi connectivity index (χ4v) is 3.54. The largest absolute Gasteiger partial charge is 0.370 e. The SMILES string of the molecule is Cn1ncc2c(N3CC(OCc4cccc5ccccc45)C3)ncnc21. The first-order valence-electron chi connectivity index (χ1n) is 8.75. The molecule has 0 aliphatic carbocycles. The highest BCUT2D eigenvalue weighted by molar-refractivity contribution is 5.87. The number of hydrogen-bond acceptors (Lipinski definition) is 5. The van der Waals surface area contributed by atoms with Crippen molar-refractivity contribution in [3.8, 4) is 0 Å². The quantitative estimate of drug-likeness (QED) is 0.569. The topological polar surface area (TPSA) is 56.1 Å². The Balaban J connectivity index is 1.27. The molecule has 3 heterocycles. The van der Waals surface area contributed by atoms with Crippen LogP contribution in [0.4, 0.5) is 5.82 Å². The van der Waals surface area contributed by atoms with E-state index in [9.17, 15) is 0 Å². The Morgan fingerprint density at radius 1 is 1.04 bits per heavy atom.